The number of likely N-dealkylation sites (N-methyl/N-ethyl adjacent to an activating group) is 2. The number of carboxylic acid groups (broad SMARTS) is 1. The lowest BCUT2D eigenvalue weighted by molar-refractivity contribution is -0.142. The monoisotopic (exact) mass is 271 g/mol. The zero-order chi connectivity index (χ0) is 14.4. The van der Waals surface area contributed by atoms with Crippen LogP contribution < -0.4 is 0 Å². The van der Waals surface area contributed by atoms with Crippen molar-refractivity contribution in [2.45, 2.75) is 32.2 Å². The van der Waals surface area contributed by atoms with E-state index in [-0.39, 0.29) is 6.03 Å². The summed E-state index contributed by atoms with van der Waals surface area (Å²) in [6.45, 7) is 5.47. The highest BCUT2D eigenvalue weighted by Gasteiger charge is 2.26. The van der Waals surface area contributed by atoms with Crippen molar-refractivity contribution in [3.8, 4) is 0 Å². The molecule has 0 spiro atoms. The summed E-state index contributed by atoms with van der Waals surface area (Å²) < 4.78 is 0. The second-order valence-corrected chi connectivity index (χ2v) is 5.13. The third-order valence-corrected chi connectivity index (χ3v) is 3.72. The van der Waals surface area contributed by atoms with E-state index in [1.165, 1.54) is 17.7 Å². The lowest BCUT2D eigenvalue weighted by Crippen LogP contribution is -2.48. The van der Waals surface area contributed by atoms with Gasteiger partial charge in [-0.2, -0.15) is 0 Å². The van der Waals surface area contributed by atoms with Gasteiger partial charge in [-0.3, -0.25) is 0 Å². The Bertz CT molecular complexity index is 316. The summed E-state index contributed by atoms with van der Waals surface area (Å²) in [7, 11) is 3.28. The molecule has 1 fully saturated rings. The van der Waals surface area contributed by atoms with Gasteiger partial charge in [-0.25, -0.2) is 9.59 Å². The largest absolute Gasteiger partial charge is 0.480 e. The van der Waals surface area contributed by atoms with Gasteiger partial charge in [0.15, 0.2) is 0 Å². The highest BCUT2D eigenvalue weighted by Crippen LogP contribution is 2.08. The SMILES string of the molecule is CCC(C(=O)O)N(C)C(=O)N(C)CCN1CCCC1. The fourth-order valence-corrected chi connectivity index (χ4v) is 2.41. The summed E-state index contributed by atoms with van der Waals surface area (Å²) in [6.07, 6.45) is 2.88. The van der Waals surface area contributed by atoms with Crippen LogP contribution in [-0.2, 0) is 4.79 Å². The highest BCUT2D eigenvalue weighted by atomic mass is 16.4. The Balaban J connectivity index is 2.43. The van der Waals surface area contributed by atoms with Crippen molar-refractivity contribution in [1.82, 2.24) is 14.7 Å². The molecule has 19 heavy (non-hydrogen) atoms. The van der Waals surface area contributed by atoms with Crippen LogP contribution in [0.25, 0.3) is 0 Å². The zero-order valence-corrected chi connectivity index (χ0v) is 12.1. The number of hydrogen-bond acceptors (Lipinski definition) is 3. The molecular formula is C13H25N3O3. The molecule has 0 saturated carbocycles. The van der Waals surface area contributed by atoms with Crippen molar-refractivity contribution < 1.29 is 14.7 Å². The topological polar surface area (TPSA) is 64.1 Å². The molecule has 2 amide bonds. The zero-order valence-electron chi connectivity index (χ0n) is 12.1. The molecule has 1 atom stereocenters. The van der Waals surface area contributed by atoms with Crippen LogP contribution in [0.15, 0.2) is 0 Å². The van der Waals surface area contributed by atoms with Crippen molar-refractivity contribution in [3.05, 3.63) is 0 Å². The molecule has 1 aliphatic rings. The number of likely N-dealkylation sites (tertiary alicyclic amines) is 1. The summed E-state index contributed by atoms with van der Waals surface area (Å²) in [4.78, 5) is 28.4. The molecule has 1 heterocycles. The van der Waals surface area contributed by atoms with Crippen LogP contribution in [0.5, 0.6) is 0 Å². The number of carboxylic acids is 1. The maximum atomic E-state index is 12.1. The molecule has 1 aliphatic heterocycles. The average Bonchev–Trinajstić information content (AvgIpc) is 2.88. The Kier molecular flexibility index (Phi) is 6.08. The van der Waals surface area contributed by atoms with E-state index in [0.29, 0.717) is 13.0 Å². The van der Waals surface area contributed by atoms with Gasteiger partial charge in [-0.15, -0.1) is 0 Å². The van der Waals surface area contributed by atoms with Gasteiger partial charge in [0.05, 0.1) is 0 Å². The van der Waals surface area contributed by atoms with Crippen molar-refractivity contribution in [1.29, 1.82) is 0 Å². The molecule has 0 aromatic heterocycles. The van der Waals surface area contributed by atoms with E-state index in [0.717, 1.165) is 19.6 Å². The lowest BCUT2D eigenvalue weighted by Gasteiger charge is -2.29. The Hall–Kier alpha value is -1.30. The summed E-state index contributed by atoms with van der Waals surface area (Å²) in [5, 5.41) is 9.06. The minimum Gasteiger partial charge on any atom is -0.480 e. The lowest BCUT2D eigenvalue weighted by atomic mass is 10.2. The van der Waals surface area contributed by atoms with Crippen LogP contribution in [0.1, 0.15) is 26.2 Å². The van der Waals surface area contributed by atoms with Gasteiger partial charge in [0.2, 0.25) is 0 Å². The predicted octanol–water partition coefficient (Wildman–Crippen LogP) is 0.929. The van der Waals surface area contributed by atoms with Gasteiger partial charge in [0, 0.05) is 27.2 Å². The van der Waals surface area contributed by atoms with E-state index in [1.807, 2.05) is 0 Å². The van der Waals surface area contributed by atoms with Gasteiger partial charge in [-0.1, -0.05) is 6.92 Å². The molecule has 0 aromatic carbocycles. The van der Waals surface area contributed by atoms with Crippen LogP contribution in [0, 0.1) is 0 Å². The first-order chi connectivity index (χ1) is 8.97. The number of aliphatic carboxylic acids is 1. The van der Waals surface area contributed by atoms with Crippen LogP contribution in [0.2, 0.25) is 0 Å². The normalized spacial score (nSPS) is 17.2. The van der Waals surface area contributed by atoms with E-state index < -0.39 is 12.0 Å². The number of nitrogens with zero attached hydrogens (tertiary/aromatic N) is 3. The van der Waals surface area contributed by atoms with E-state index in [9.17, 15) is 9.59 Å². The van der Waals surface area contributed by atoms with E-state index in [2.05, 4.69) is 4.90 Å². The molecule has 0 aromatic rings. The molecule has 1 saturated heterocycles. The minimum atomic E-state index is -0.953. The van der Waals surface area contributed by atoms with Gasteiger partial charge in [0.1, 0.15) is 6.04 Å². The molecule has 0 aliphatic carbocycles. The summed E-state index contributed by atoms with van der Waals surface area (Å²) >= 11 is 0. The van der Waals surface area contributed by atoms with Gasteiger partial charge >= 0.3 is 12.0 Å². The summed E-state index contributed by atoms with van der Waals surface area (Å²) in [6, 6.07) is -0.977. The molecular weight excluding hydrogens is 246 g/mol. The molecule has 6 nitrogen and oxygen atoms in total. The fraction of sp³-hybridized carbons (Fsp3) is 0.846. The third-order valence-electron chi connectivity index (χ3n) is 3.72. The molecule has 1 rings (SSSR count). The molecule has 0 bridgehead atoms. The first-order valence-electron chi connectivity index (χ1n) is 6.90. The molecule has 110 valence electrons. The smallest absolute Gasteiger partial charge is 0.326 e. The summed E-state index contributed by atoms with van der Waals surface area (Å²) in [5.41, 5.74) is 0. The Morgan fingerprint density at radius 2 is 1.84 bits per heavy atom. The number of carbonyl (C=O) groups is 2. The number of amides is 2. The fourth-order valence-electron chi connectivity index (χ4n) is 2.41. The van der Waals surface area contributed by atoms with Crippen LogP contribution in [-0.4, -0.2) is 78.1 Å². The van der Waals surface area contributed by atoms with Crippen molar-refractivity contribution in [2.75, 3.05) is 40.3 Å². The second kappa shape index (κ2) is 7.33. The van der Waals surface area contributed by atoms with Crippen LogP contribution in [0.3, 0.4) is 0 Å². The first kappa shape index (κ1) is 15.8. The minimum absolute atomic E-state index is 0.228. The van der Waals surface area contributed by atoms with Crippen molar-refractivity contribution in [3.63, 3.8) is 0 Å². The van der Waals surface area contributed by atoms with Crippen molar-refractivity contribution in [2.24, 2.45) is 0 Å². The Morgan fingerprint density at radius 1 is 1.26 bits per heavy atom. The standard InChI is InChI=1S/C13H25N3O3/c1-4-11(12(17)18)15(3)13(19)14(2)9-10-16-7-5-6-8-16/h11H,4-10H2,1-3H3,(H,17,18). The molecule has 1 unspecified atom stereocenters. The van der Waals surface area contributed by atoms with E-state index in [1.54, 1.807) is 25.9 Å². The molecule has 0 radical (unpaired) electrons. The maximum Gasteiger partial charge on any atom is 0.326 e. The quantitative estimate of drug-likeness (QED) is 0.780. The number of carbonyl (C=O) groups excluding carboxylic acids is 1. The average molecular weight is 271 g/mol. The molecule has 1 N–H and O–H groups in total. The Morgan fingerprint density at radius 3 is 2.32 bits per heavy atom. The maximum absolute atomic E-state index is 12.1. The van der Waals surface area contributed by atoms with Gasteiger partial charge in [-0.05, 0) is 32.4 Å². The predicted molar refractivity (Wildman–Crippen MR) is 73.2 cm³/mol. The number of rotatable bonds is 6. The third kappa shape index (κ3) is 4.38. The number of urea groups is 1. The van der Waals surface area contributed by atoms with Gasteiger partial charge < -0.3 is 19.8 Å². The van der Waals surface area contributed by atoms with Crippen LogP contribution in [0.4, 0.5) is 4.79 Å². The van der Waals surface area contributed by atoms with E-state index >= 15 is 0 Å². The van der Waals surface area contributed by atoms with Crippen LogP contribution >= 0.6 is 0 Å². The van der Waals surface area contributed by atoms with E-state index in [4.69, 9.17) is 5.11 Å². The second-order valence-electron chi connectivity index (χ2n) is 5.13. The number of hydrogen-bond donors (Lipinski definition) is 1. The van der Waals surface area contributed by atoms with Crippen molar-refractivity contribution >= 4 is 12.0 Å². The first-order valence-corrected chi connectivity index (χ1v) is 6.90. The molecule has 6 heteroatoms. The highest BCUT2D eigenvalue weighted by molar-refractivity contribution is 5.82. The van der Waals surface area contributed by atoms with Gasteiger partial charge in [0.25, 0.3) is 0 Å². The summed E-state index contributed by atoms with van der Waals surface area (Å²) in [5.74, 6) is -0.953. The Labute approximate surface area is 115 Å².